The average molecular weight is 424 g/mol. The zero-order valence-electron chi connectivity index (χ0n) is 17.9. The van der Waals surface area contributed by atoms with E-state index < -0.39 is 11.2 Å². The number of nitrogens with zero attached hydrogens (tertiary/aromatic N) is 6. The van der Waals surface area contributed by atoms with Crippen molar-refractivity contribution in [3.05, 3.63) is 93.3 Å². The predicted octanol–water partition coefficient (Wildman–Crippen LogP) is 2.86. The first-order chi connectivity index (χ1) is 15.5. The Morgan fingerprint density at radius 1 is 0.781 bits per heavy atom. The smallest absolute Gasteiger partial charge is 0.279 e. The van der Waals surface area contributed by atoms with Crippen LogP contribution >= 0.6 is 0 Å². The maximum Gasteiger partial charge on any atom is 0.332 e. The SMILES string of the molecule is Cc1cc(-c2ccccc2)n(-c2nc3c(nc2-c2ccccc2)c(=O)n(C)c(=O)n3C)n1. The molecule has 158 valence electrons. The highest BCUT2D eigenvalue weighted by Crippen LogP contribution is 2.29. The molecule has 0 spiro atoms. The number of benzene rings is 2. The highest BCUT2D eigenvalue weighted by atomic mass is 16.2. The Hall–Kier alpha value is -4.33. The van der Waals surface area contributed by atoms with Crippen LogP contribution in [-0.2, 0) is 14.1 Å². The lowest BCUT2D eigenvalue weighted by atomic mass is 10.1. The van der Waals surface area contributed by atoms with Gasteiger partial charge in [0.15, 0.2) is 17.0 Å². The van der Waals surface area contributed by atoms with Gasteiger partial charge in [0.1, 0.15) is 5.69 Å². The third-order valence-corrected chi connectivity index (χ3v) is 5.41. The fourth-order valence-corrected chi connectivity index (χ4v) is 3.77. The molecule has 0 bridgehead atoms. The lowest BCUT2D eigenvalue weighted by Gasteiger charge is -2.14. The number of aromatic nitrogens is 6. The highest BCUT2D eigenvalue weighted by molar-refractivity contribution is 5.79. The largest absolute Gasteiger partial charge is 0.332 e. The predicted molar refractivity (Wildman–Crippen MR) is 123 cm³/mol. The van der Waals surface area contributed by atoms with Crippen LogP contribution < -0.4 is 11.2 Å². The second-order valence-electron chi connectivity index (χ2n) is 7.59. The lowest BCUT2D eigenvalue weighted by Crippen LogP contribution is -2.38. The Labute approximate surface area is 183 Å². The molecule has 0 amide bonds. The summed E-state index contributed by atoms with van der Waals surface area (Å²) in [5.74, 6) is 0.443. The van der Waals surface area contributed by atoms with Crippen LogP contribution in [-0.4, -0.2) is 28.9 Å². The summed E-state index contributed by atoms with van der Waals surface area (Å²) in [5.41, 5.74) is 3.29. The maximum atomic E-state index is 12.8. The topological polar surface area (TPSA) is 87.6 Å². The molecule has 5 aromatic rings. The first kappa shape index (κ1) is 19.6. The number of aryl methyl sites for hydroxylation is 2. The number of hydrogen-bond donors (Lipinski definition) is 0. The molecule has 5 rings (SSSR count). The quantitative estimate of drug-likeness (QED) is 0.444. The van der Waals surface area contributed by atoms with Crippen molar-refractivity contribution in [3.63, 3.8) is 0 Å². The van der Waals surface area contributed by atoms with E-state index >= 15 is 0 Å². The summed E-state index contributed by atoms with van der Waals surface area (Å²) in [6, 6.07) is 21.4. The van der Waals surface area contributed by atoms with E-state index in [-0.39, 0.29) is 11.2 Å². The van der Waals surface area contributed by atoms with E-state index in [2.05, 4.69) is 5.10 Å². The summed E-state index contributed by atoms with van der Waals surface area (Å²) < 4.78 is 4.10. The summed E-state index contributed by atoms with van der Waals surface area (Å²) in [6.07, 6.45) is 0. The second kappa shape index (κ2) is 7.42. The van der Waals surface area contributed by atoms with E-state index in [0.717, 1.165) is 27.1 Å². The van der Waals surface area contributed by atoms with Gasteiger partial charge in [0.05, 0.1) is 11.4 Å². The number of hydrogen-bond acceptors (Lipinski definition) is 5. The van der Waals surface area contributed by atoms with Gasteiger partial charge in [-0.2, -0.15) is 5.10 Å². The van der Waals surface area contributed by atoms with Crippen molar-refractivity contribution in [1.82, 2.24) is 28.9 Å². The Balaban J connectivity index is 1.92. The van der Waals surface area contributed by atoms with Gasteiger partial charge in [-0.1, -0.05) is 60.7 Å². The summed E-state index contributed by atoms with van der Waals surface area (Å²) in [6.45, 7) is 1.91. The fraction of sp³-hybridized carbons (Fsp3) is 0.125. The van der Waals surface area contributed by atoms with Crippen molar-refractivity contribution in [2.24, 2.45) is 14.1 Å². The second-order valence-corrected chi connectivity index (χ2v) is 7.59. The average Bonchev–Trinajstić information content (AvgIpc) is 3.23. The van der Waals surface area contributed by atoms with Crippen molar-refractivity contribution in [3.8, 4) is 28.3 Å². The minimum absolute atomic E-state index is 0.127. The first-order valence-electron chi connectivity index (χ1n) is 10.1. The maximum absolute atomic E-state index is 12.8. The molecule has 2 aromatic carbocycles. The zero-order valence-corrected chi connectivity index (χ0v) is 17.9. The Bertz CT molecular complexity index is 1580. The molecule has 0 radical (unpaired) electrons. The molecule has 0 saturated heterocycles. The van der Waals surface area contributed by atoms with Gasteiger partial charge in [0, 0.05) is 25.2 Å². The van der Waals surface area contributed by atoms with Gasteiger partial charge >= 0.3 is 5.69 Å². The van der Waals surface area contributed by atoms with Gasteiger partial charge in [0.25, 0.3) is 5.56 Å². The lowest BCUT2D eigenvalue weighted by molar-refractivity contribution is 0.701. The Kier molecular flexibility index (Phi) is 4.55. The molecular weight excluding hydrogens is 404 g/mol. The van der Waals surface area contributed by atoms with Crippen LogP contribution in [0.15, 0.2) is 76.3 Å². The highest BCUT2D eigenvalue weighted by Gasteiger charge is 2.21. The van der Waals surface area contributed by atoms with E-state index in [4.69, 9.17) is 9.97 Å². The molecule has 0 N–H and O–H groups in total. The summed E-state index contributed by atoms with van der Waals surface area (Å²) >= 11 is 0. The van der Waals surface area contributed by atoms with Crippen molar-refractivity contribution in [2.45, 2.75) is 6.92 Å². The number of fused-ring (bicyclic) bond motifs is 1. The van der Waals surface area contributed by atoms with Crippen LogP contribution in [0.1, 0.15) is 5.69 Å². The van der Waals surface area contributed by atoms with Crippen LogP contribution in [0.5, 0.6) is 0 Å². The first-order valence-corrected chi connectivity index (χ1v) is 10.1. The van der Waals surface area contributed by atoms with Gasteiger partial charge in [-0.25, -0.2) is 19.4 Å². The zero-order chi connectivity index (χ0) is 22.4. The minimum Gasteiger partial charge on any atom is -0.279 e. The molecule has 8 nitrogen and oxygen atoms in total. The normalized spacial score (nSPS) is 11.2. The van der Waals surface area contributed by atoms with Gasteiger partial charge in [-0.3, -0.25) is 13.9 Å². The van der Waals surface area contributed by atoms with Gasteiger partial charge in [0.2, 0.25) is 0 Å². The van der Waals surface area contributed by atoms with Gasteiger partial charge in [-0.05, 0) is 13.0 Å². The van der Waals surface area contributed by atoms with Crippen LogP contribution in [0.3, 0.4) is 0 Å². The molecule has 8 heteroatoms. The molecule has 0 aliphatic carbocycles. The molecule has 0 fully saturated rings. The molecule has 0 aliphatic rings. The molecular formula is C24H20N6O2. The molecule has 0 unspecified atom stereocenters. The Morgan fingerprint density at radius 2 is 1.41 bits per heavy atom. The monoisotopic (exact) mass is 424 g/mol. The molecule has 3 heterocycles. The van der Waals surface area contributed by atoms with Gasteiger partial charge in [-0.15, -0.1) is 0 Å². The molecule has 3 aromatic heterocycles. The van der Waals surface area contributed by atoms with Crippen LogP contribution in [0.2, 0.25) is 0 Å². The number of rotatable bonds is 3. The van der Waals surface area contributed by atoms with E-state index in [9.17, 15) is 9.59 Å². The van der Waals surface area contributed by atoms with E-state index in [1.165, 1.54) is 11.6 Å². The third kappa shape index (κ3) is 3.04. The minimum atomic E-state index is -0.487. The summed E-state index contributed by atoms with van der Waals surface area (Å²) in [4.78, 5) is 34.9. The molecule has 0 atom stereocenters. The van der Waals surface area contributed by atoms with Crippen LogP contribution in [0.4, 0.5) is 0 Å². The van der Waals surface area contributed by atoms with E-state index in [1.54, 1.807) is 11.7 Å². The van der Waals surface area contributed by atoms with Crippen molar-refractivity contribution < 1.29 is 0 Å². The standard InChI is InChI=1S/C24H20N6O2/c1-15-14-18(16-10-6-4-7-11-16)30(27-15)22-19(17-12-8-5-9-13-17)25-20-21(26-22)28(2)24(32)29(3)23(20)31/h4-14H,1-3H3. The third-order valence-electron chi connectivity index (χ3n) is 5.41. The van der Waals surface area contributed by atoms with Crippen molar-refractivity contribution in [2.75, 3.05) is 0 Å². The molecule has 0 saturated carbocycles. The van der Waals surface area contributed by atoms with E-state index in [0.29, 0.717) is 11.5 Å². The van der Waals surface area contributed by atoms with Gasteiger partial charge < -0.3 is 0 Å². The van der Waals surface area contributed by atoms with Crippen molar-refractivity contribution in [1.29, 1.82) is 0 Å². The summed E-state index contributed by atoms with van der Waals surface area (Å²) in [5, 5.41) is 4.69. The summed E-state index contributed by atoms with van der Waals surface area (Å²) in [7, 11) is 3.02. The Morgan fingerprint density at radius 3 is 2.06 bits per heavy atom. The van der Waals surface area contributed by atoms with E-state index in [1.807, 2.05) is 73.7 Å². The van der Waals surface area contributed by atoms with Crippen LogP contribution in [0.25, 0.3) is 39.5 Å². The molecule has 0 aliphatic heterocycles. The molecule has 32 heavy (non-hydrogen) atoms. The van der Waals surface area contributed by atoms with Crippen LogP contribution in [0, 0.1) is 6.92 Å². The van der Waals surface area contributed by atoms with Crippen molar-refractivity contribution >= 4 is 11.2 Å². The fourth-order valence-electron chi connectivity index (χ4n) is 3.77.